The van der Waals surface area contributed by atoms with E-state index in [1.165, 1.54) is 0 Å². The average molecular weight is 377 g/mol. The SMILES string of the molecule is COc1ccc2c(c1)C[C@@H](NC(=O)Nc1ccc(Br)cc1)CO2. The van der Waals surface area contributed by atoms with Crippen molar-refractivity contribution in [1.82, 2.24) is 5.32 Å². The van der Waals surface area contributed by atoms with Crippen molar-refractivity contribution in [3.05, 3.63) is 52.5 Å². The third-order valence-electron chi connectivity index (χ3n) is 3.61. The fourth-order valence-corrected chi connectivity index (χ4v) is 2.74. The first-order valence-corrected chi connectivity index (χ1v) is 8.06. The van der Waals surface area contributed by atoms with Crippen LogP contribution in [0, 0.1) is 0 Å². The van der Waals surface area contributed by atoms with Gasteiger partial charge in [0.25, 0.3) is 0 Å². The summed E-state index contributed by atoms with van der Waals surface area (Å²) in [6.07, 6.45) is 0.709. The molecule has 1 heterocycles. The molecule has 0 fully saturated rings. The molecule has 0 aromatic heterocycles. The zero-order valence-electron chi connectivity index (χ0n) is 12.6. The molecule has 0 aliphatic carbocycles. The molecule has 1 aliphatic rings. The van der Waals surface area contributed by atoms with Gasteiger partial charge in [-0.1, -0.05) is 15.9 Å². The molecule has 6 heteroatoms. The van der Waals surface area contributed by atoms with E-state index >= 15 is 0 Å². The predicted octanol–water partition coefficient (Wildman–Crippen LogP) is 3.58. The molecular weight excluding hydrogens is 360 g/mol. The van der Waals surface area contributed by atoms with E-state index in [-0.39, 0.29) is 12.1 Å². The molecule has 23 heavy (non-hydrogen) atoms. The number of nitrogens with one attached hydrogen (secondary N) is 2. The Morgan fingerprint density at radius 2 is 2.04 bits per heavy atom. The van der Waals surface area contributed by atoms with Gasteiger partial charge < -0.3 is 20.1 Å². The van der Waals surface area contributed by atoms with Gasteiger partial charge in [-0.3, -0.25) is 0 Å². The highest BCUT2D eigenvalue weighted by Crippen LogP contribution is 2.28. The number of carbonyl (C=O) groups excluding carboxylic acids is 1. The molecule has 0 radical (unpaired) electrons. The maximum atomic E-state index is 12.1. The largest absolute Gasteiger partial charge is 0.497 e. The molecule has 0 unspecified atom stereocenters. The number of amides is 2. The van der Waals surface area contributed by atoms with Crippen molar-refractivity contribution in [3.8, 4) is 11.5 Å². The molecule has 0 bridgehead atoms. The van der Waals surface area contributed by atoms with Crippen LogP contribution in [0.25, 0.3) is 0 Å². The summed E-state index contributed by atoms with van der Waals surface area (Å²) in [6.45, 7) is 0.451. The number of methoxy groups -OCH3 is 1. The lowest BCUT2D eigenvalue weighted by Gasteiger charge is -2.26. The summed E-state index contributed by atoms with van der Waals surface area (Å²) in [5.41, 5.74) is 1.77. The number of carbonyl (C=O) groups is 1. The number of rotatable bonds is 3. The molecule has 0 spiro atoms. The minimum absolute atomic E-state index is 0.0787. The van der Waals surface area contributed by atoms with Crippen LogP contribution in [-0.2, 0) is 6.42 Å². The van der Waals surface area contributed by atoms with Crippen molar-refractivity contribution in [3.63, 3.8) is 0 Å². The van der Waals surface area contributed by atoms with Gasteiger partial charge in [-0.25, -0.2) is 4.79 Å². The van der Waals surface area contributed by atoms with E-state index in [4.69, 9.17) is 9.47 Å². The molecule has 2 amide bonds. The number of benzene rings is 2. The van der Waals surface area contributed by atoms with Crippen LogP contribution in [0.2, 0.25) is 0 Å². The van der Waals surface area contributed by atoms with Gasteiger partial charge in [0.05, 0.1) is 13.2 Å². The van der Waals surface area contributed by atoms with Gasteiger partial charge in [-0.15, -0.1) is 0 Å². The van der Waals surface area contributed by atoms with Crippen LogP contribution in [0.4, 0.5) is 10.5 Å². The van der Waals surface area contributed by atoms with Crippen LogP contribution in [-0.4, -0.2) is 25.8 Å². The lowest BCUT2D eigenvalue weighted by molar-refractivity contribution is 0.222. The molecule has 5 nitrogen and oxygen atoms in total. The topological polar surface area (TPSA) is 59.6 Å². The van der Waals surface area contributed by atoms with Crippen molar-refractivity contribution in [2.45, 2.75) is 12.5 Å². The number of urea groups is 1. The Bertz CT molecular complexity index is 703. The highest BCUT2D eigenvalue weighted by molar-refractivity contribution is 9.10. The quantitative estimate of drug-likeness (QED) is 0.860. The number of hydrogen-bond donors (Lipinski definition) is 2. The fraction of sp³-hybridized carbons (Fsp3) is 0.235. The number of hydrogen-bond acceptors (Lipinski definition) is 3. The lowest BCUT2D eigenvalue weighted by atomic mass is 10.0. The molecule has 0 saturated heterocycles. The molecule has 3 rings (SSSR count). The zero-order chi connectivity index (χ0) is 16.2. The number of halogens is 1. The Morgan fingerprint density at radius 3 is 2.78 bits per heavy atom. The first kappa shape index (κ1) is 15.7. The van der Waals surface area contributed by atoms with E-state index in [0.29, 0.717) is 13.0 Å². The third kappa shape index (κ3) is 3.96. The third-order valence-corrected chi connectivity index (χ3v) is 4.14. The molecule has 2 aromatic carbocycles. The lowest BCUT2D eigenvalue weighted by Crippen LogP contribution is -2.44. The second-order valence-corrected chi connectivity index (χ2v) is 6.21. The molecular formula is C17H17BrN2O3. The Kier molecular flexibility index (Phi) is 4.71. The average Bonchev–Trinajstić information content (AvgIpc) is 2.56. The van der Waals surface area contributed by atoms with Crippen LogP contribution >= 0.6 is 15.9 Å². The summed E-state index contributed by atoms with van der Waals surface area (Å²) >= 11 is 3.36. The Morgan fingerprint density at radius 1 is 1.26 bits per heavy atom. The molecule has 1 aliphatic heterocycles. The van der Waals surface area contributed by atoms with Gasteiger partial charge in [-0.2, -0.15) is 0 Å². The standard InChI is InChI=1S/C17H17BrN2O3/c1-22-15-6-7-16-11(9-15)8-14(10-23-16)20-17(21)19-13-4-2-12(18)3-5-13/h2-7,9,14H,8,10H2,1H3,(H2,19,20,21)/t14-/m1/s1. The predicted molar refractivity (Wildman–Crippen MR) is 92.3 cm³/mol. The van der Waals surface area contributed by atoms with Crippen molar-refractivity contribution in [2.24, 2.45) is 0 Å². The number of anilines is 1. The van der Waals surface area contributed by atoms with Crippen molar-refractivity contribution >= 4 is 27.6 Å². The van der Waals surface area contributed by atoms with Crippen LogP contribution in [0.1, 0.15) is 5.56 Å². The van der Waals surface area contributed by atoms with E-state index in [9.17, 15) is 4.79 Å². The minimum atomic E-state index is -0.243. The number of ether oxygens (including phenoxy) is 2. The zero-order valence-corrected chi connectivity index (χ0v) is 14.2. The van der Waals surface area contributed by atoms with Crippen molar-refractivity contribution in [2.75, 3.05) is 19.0 Å². The number of fused-ring (bicyclic) bond motifs is 1. The smallest absolute Gasteiger partial charge is 0.319 e. The summed E-state index contributed by atoms with van der Waals surface area (Å²) in [4.78, 5) is 12.1. The van der Waals surface area contributed by atoms with Crippen LogP contribution in [0.3, 0.4) is 0 Å². The van der Waals surface area contributed by atoms with Crippen LogP contribution in [0.5, 0.6) is 11.5 Å². The van der Waals surface area contributed by atoms with E-state index in [1.807, 2.05) is 42.5 Å². The summed E-state index contributed by atoms with van der Waals surface area (Å²) in [7, 11) is 1.63. The van der Waals surface area contributed by atoms with Crippen LogP contribution in [0.15, 0.2) is 46.9 Å². The normalized spacial score (nSPS) is 16.0. The van der Waals surface area contributed by atoms with E-state index in [0.717, 1.165) is 27.2 Å². The van der Waals surface area contributed by atoms with Crippen molar-refractivity contribution < 1.29 is 14.3 Å². The highest BCUT2D eigenvalue weighted by Gasteiger charge is 2.22. The maximum absolute atomic E-state index is 12.1. The van der Waals surface area contributed by atoms with Gasteiger partial charge in [0, 0.05) is 10.2 Å². The monoisotopic (exact) mass is 376 g/mol. The minimum Gasteiger partial charge on any atom is -0.497 e. The first-order chi connectivity index (χ1) is 11.1. The highest BCUT2D eigenvalue weighted by atomic mass is 79.9. The van der Waals surface area contributed by atoms with E-state index in [1.54, 1.807) is 7.11 Å². The summed E-state index contributed by atoms with van der Waals surface area (Å²) in [6, 6.07) is 12.8. The second kappa shape index (κ2) is 6.91. The molecule has 0 saturated carbocycles. The van der Waals surface area contributed by atoms with Gasteiger partial charge in [0.1, 0.15) is 18.1 Å². The fourth-order valence-electron chi connectivity index (χ4n) is 2.48. The summed E-state index contributed by atoms with van der Waals surface area (Å²) in [5, 5.41) is 5.74. The van der Waals surface area contributed by atoms with Crippen molar-refractivity contribution in [1.29, 1.82) is 0 Å². The molecule has 2 aromatic rings. The van der Waals surface area contributed by atoms with Gasteiger partial charge in [0.2, 0.25) is 0 Å². The summed E-state index contributed by atoms with van der Waals surface area (Å²) in [5.74, 6) is 1.63. The Hall–Kier alpha value is -2.21. The van der Waals surface area contributed by atoms with Gasteiger partial charge >= 0.3 is 6.03 Å². The van der Waals surface area contributed by atoms with Gasteiger partial charge in [-0.05, 0) is 54.4 Å². The molecule has 120 valence electrons. The first-order valence-electron chi connectivity index (χ1n) is 7.27. The second-order valence-electron chi connectivity index (χ2n) is 5.29. The van der Waals surface area contributed by atoms with Gasteiger partial charge in [0.15, 0.2) is 0 Å². The Balaban J connectivity index is 1.60. The molecule has 2 N–H and O–H groups in total. The van der Waals surface area contributed by atoms with Crippen LogP contribution < -0.4 is 20.1 Å². The Labute approximate surface area is 143 Å². The van der Waals surface area contributed by atoms with E-state index in [2.05, 4.69) is 26.6 Å². The maximum Gasteiger partial charge on any atom is 0.319 e. The van der Waals surface area contributed by atoms with E-state index < -0.39 is 0 Å². The summed E-state index contributed by atoms with van der Waals surface area (Å²) < 4.78 is 11.9. The molecule has 1 atom stereocenters.